The zero-order chi connectivity index (χ0) is 9.35. The number of hydrogen-bond acceptors (Lipinski definition) is 2. The molecule has 1 unspecified atom stereocenters. The molecule has 1 fully saturated rings. The molecule has 0 spiro atoms. The molecule has 1 aliphatic carbocycles. The smallest absolute Gasteiger partial charge is 0.0746 e. The predicted molar refractivity (Wildman–Crippen MR) is 51.1 cm³/mol. The lowest BCUT2D eigenvalue weighted by Crippen LogP contribution is -2.53. The lowest BCUT2D eigenvalue weighted by atomic mass is 9.74. The van der Waals surface area contributed by atoms with E-state index in [0.717, 1.165) is 0 Å². The van der Waals surface area contributed by atoms with Gasteiger partial charge in [0.2, 0.25) is 0 Å². The lowest BCUT2D eigenvalue weighted by molar-refractivity contribution is -0.0438. The van der Waals surface area contributed by atoms with E-state index in [2.05, 4.69) is 18.7 Å². The normalized spacial score (nSPS) is 22.5. The molecule has 0 aliphatic heterocycles. The molecule has 72 valence electrons. The summed E-state index contributed by atoms with van der Waals surface area (Å²) in [6.45, 7) is 4.21. The van der Waals surface area contributed by atoms with E-state index >= 15 is 0 Å². The van der Waals surface area contributed by atoms with Crippen LogP contribution in [0.2, 0.25) is 0 Å². The van der Waals surface area contributed by atoms with Gasteiger partial charge < -0.3 is 10.0 Å². The molecule has 0 bridgehead atoms. The SMILES string of the molecule is CN(C)C(C)(C)C(O)C1CCC1. The number of aliphatic hydroxyl groups excluding tert-OH is 1. The summed E-state index contributed by atoms with van der Waals surface area (Å²) in [5.74, 6) is 0.544. The van der Waals surface area contributed by atoms with Crippen molar-refractivity contribution in [2.45, 2.75) is 44.8 Å². The summed E-state index contributed by atoms with van der Waals surface area (Å²) in [7, 11) is 4.06. The van der Waals surface area contributed by atoms with Crippen LogP contribution in [0.5, 0.6) is 0 Å². The molecule has 1 aliphatic rings. The minimum Gasteiger partial charge on any atom is -0.391 e. The van der Waals surface area contributed by atoms with Gasteiger partial charge >= 0.3 is 0 Å². The van der Waals surface area contributed by atoms with Gasteiger partial charge in [-0.15, -0.1) is 0 Å². The van der Waals surface area contributed by atoms with Crippen LogP contribution in [0.4, 0.5) is 0 Å². The highest BCUT2D eigenvalue weighted by atomic mass is 16.3. The van der Waals surface area contributed by atoms with Crippen molar-refractivity contribution in [3.63, 3.8) is 0 Å². The second-order valence-electron chi connectivity index (χ2n) is 4.68. The van der Waals surface area contributed by atoms with Crippen LogP contribution in [0.15, 0.2) is 0 Å². The Kier molecular flexibility index (Phi) is 2.79. The van der Waals surface area contributed by atoms with E-state index in [1.807, 2.05) is 14.1 Å². The summed E-state index contributed by atoms with van der Waals surface area (Å²) in [6.07, 6.45) is 3.54. The van der Waals surface area contributed by atoms with Crippen molar-refractivity contribution in [3.05, 3.63) is 0 Å². The quantitative estimate of drug-likeness (QED) is 0.695. The van der Waals surface area contributed by atoms with E-state index in [0.29, 0.717) is 5.92 Å². The van der Waals surface area contributed by atoms with E-state index in [9.17, 15) is 5.11 Å². The first-order valence-electron chi connectivity index (χ1n) is 4.81. The Morgan fingerprint density at radius 3 is 2.08 bits per heavy atom. The van der Waals surface area contributed by atoms with E-state index < -0.39 is 0 Å². The van der Waals surface area contributed by atoms with Crippen LogP contribution >= 0.6 is 0 Å². The Morgan fingerprint density at radius 1 is 1.33 bits per heavy atom. The average molecular weight is 171 g/mol. The summed E-state index contributed by atoms with van der Waals surface area (Å²) >= 11 is 0. The number of hydrogen-bond donors (Lipinski definition) is 1. The van der Waals surface area contributed by atoms with E-state index in [4.69, 9.17) is 0 Å². The van der Waals surface area contributed by atoms with Gasteiger partial charge in [0.15, 0.2) is 0 Å². The van der Waals surface area contributed by atoms with Crippen molar-refractivity contribution < 1.29 is 5.11 Å². The van der Waals surface area contributed by atoms with Crippen LogP contribution < -0.4 is 0 Å². The Morgan fingerprint density at radius 2 is 1.83 bits per heavy atom. The van der Waals surface area contributed by atoms with E-state index in [-0.39, 0.29) is 11.6 Å². The maximum absolute atomic E-state index is 10.0. The fourth-order valence-corrected chi connectivity index (χ4v) is 1.60. The molecule has 0 aromatic carbocycles. The van der Waals surface area contributed by atoms with Crippen LogP contribution in [-0.4, -0.2) is 35.7 Å². The zero-order valence-corrected chi connectivity index (χ0v) is 8.67. The predicted octanol–water partition coefficient (Wildman–Crippen LogP) is 1.49. The molecule has 0 amide bonds. The number of aliphatic hydroxyl groups is 1. The van der Waals surface area contributed by atoms with Gasteiger partial charge in [-0.25, -0.2) is 0 Å². The number of nitrogens with zero attached hydrogens (tertiary/aromatic N) is 1. The molecule has 2 nitrogen and oxygen atoms in total. The molecular weight excluding hydrogens is 150 g/mol. The molecule has 1 saturated carbocycles. The monoisotopic (exact) mass is 171 g/mol. The summed E-state index contributed by atoms with van der Waals surface area (Å²) in [6, 6.07) is 0. The Labute approximate surface area is 75.6 Å². The van der Waals surface area contributed by atoms with Crippen LogP contribution in [0, 0.1) is 5.92 Å². The standard InChI is InChI=1S/C10H21NO/c1-10(2,11(3)4)9(12)8-6-5-7-8/h8-9,12H,5-7H2,1-4H3. The van der Waals surface area contributed by atoms with Gasteiger partial charge in [0, 0.05) is 5.54 Å². The van der Waals surface area contributed by atoms with Gasteiger partial charge in [0.25, 0.3) is 0 Å². The van der Waals surface area contributed by atoms with Crippen LogP contribution in [-0.2, 0) is 0 Å². The second kappa shape index (κ2) is 3.35. The van der Waals surface area contributed by atoms with Crippen molar-refractivity contribution >= 4 is 0 Å². The number of rotatable bonds is 3. The Bertz CT molecular complexity index is 150. The van der Waals surface area contributed by atoms with Crippen LogP contribution in [0.1, 0.15) is 33.1 Å². The van der Waals surface area contributed by atoms with Gasteiger partial charge in [0.05, 0.1) is 6.10 Å². The minimum atomic E-state index is -0.166. The highest BCUT2D eigenvalue weighted by Gasteiger charge is 2.38. The lowest BCUT2D eigenvalue weighted by Gasteiger charge is -2.44. The van der Waals surface area contributed by atoms with Gasteiger partial charge in [-0.1, -0.05) is 6.42 Å². The molecule has 0 heterocycles. The molecule has 12 heavy (non-hydrogen) atoms. The third kappa shape index (κ3) is 1.64. The van der Waals surface area contributed by atoms with Gasteiger partial charge in [-0.2, -0.15) is 0 Å². The first kappa shape index (κ1) is 10.0. The highest BCUT2D eigenvalue weighted by molar-refractivity contribution is 4.92. The maximum Gasteiger partial charge on any atom is 0.0746 e. The first-order valence-corrected chi connectivity index (χ1v) is 4.81. The van der Waals surface area contributed by atoms with Crippen LogP contribution in [0.25, 0.3) is 0 Å². The summed E-state index contributed by atoms with van der Waals surface area (Å²) in [5.41, 5.74) is -0.0783. The van der Waals surface area contributed by atoms with E-state index in [1.54, 1.807) is 0 Å². The molecule has 0 aromatic heterocycles. The number of likely N-dealkylation sites (N-methyl/N-ethyl adjacent to an activating group) is 1. The maximum atomic E-state index is 10.0. The molecule has 1 rings (SSSR count). The zero-order valence-electron chi connectivity index (χ0n) is 8.67. The molecule has 0 saturated heterocycles. The van der Waals surface area contributed by atoms with Crippen molar-refractivity contribution in [3.8, 4) is 0 Å². The van der Waals surface area contributed by atoms with Crippen molar-refractivity contribution in [2.75, 3.05) is 14.1 Å². The fraction of sp³-hybridized carbons (Fsp3) is 1.00. The molecule has 1 atom stereocenters. The minimum absolute atomic E-state index is 0.0783. The van der Waals surface area contributed by atoms with Gasteiger partial charge in [-0.05, 0) is 46.7 Å². The van der Waals surface area contributed by atoms with Crippen molar-refractivity contribution in [1.29, 1.82) is 0 Å². The molecule has 2 heteroatoms. The Hall–Kier alpha value is -0.0800. The largest absolute Gasteiger partial charge is 0.391 e. The molecule has 0 radical (unpaired) electrons. The van der Waals surface area contributed by atoms with Gasteiger partial charge in [-0.3, -0.25) is 0 Å². The summed E-state index contributed by atoms with van der Waals surface area (Å²) in [4.78, 5) is 2.11. The summed E-state index contributed by atoms with van der Waals surface area (Å²) in [5, 5.41) is 10.0. The van der Waals surface area contributed by atoms with Crippen molar-refractivity contribution in [1.82, 2.24) is 4.90 Å². The third-order valence-corrected chi connectivity index (χ3v) is 3.47. The second-order valence-corrected chi connectivity index (χ2v) is 4.68. The molecular formula is C10H21NO. The van der Waals surface area contributed by atoms with Crippen LogP contribution in [0.3, 0.4) is 0 Å². The first-order chi connectivity index (χ1) is 5.46. The average Bonchev–Trinajstić information content (AvgIpc) is 1.83. The topological polar surface area (TPSA) is 23.5 Å². The molecule has 1 N–H and O–H groups in total. The summed E-state index contributed by atoms with van der Waals surface area (Å²) < 4.78 is 0. The Balaban J connectivity index is 2.53. The third-order valence-electron chi connectivity index (χ3n) is 3.47. The van der Waals surface area contributed by atoms with Crippen molar-refractivity contribution in [2.24, 2.45) is 5.92 Å². The fourth-order valence-electron chi connectivity index (χ4n) is 1.60. The van der Waals surface area contributed by atoms with E-state index in [1.165, 1.54) is 19.3 Å². The molecule has 0 aromatic rings. The highest BCUT2D eigenvalue weighted by Crippen LogP contribution is 2.35. The van der Waals surface area contributed by atoms with Gasteiger partial charge in [0.1, 0.15) is 0 Å².